The summed E-state index contributed by atoms with van der Waals surface area (Å²) >= 11 is 0. The van der Waals surface area contributed by atoms with Gasteiger partial charge in [-0.25, -0.2) is 9.18 Å². The summed E-state index contributed by atoms with van der Waals surface area (Å²) in [6.07, 6.45) is 0. The van der Waals surface area contributed by atoms with Gasteiger partial charge < -0.3 is 20.2 Å². The Morgan fingerprint density at radius 1 is 0.848 bits per heavy atom. The van der Waals surface area contributed by atoms with E-state index in [0.29, 0.717) is 24.5 Å². The average Bonchev–Trinajstić information content (AvgIpc) is 2.81. The molecular weight excluding hydrogens is 421 g/mol. The first kappa shape index (κ1) is 22.3. The topological polar surface area (TPSA) is 72.9 Å². The summed E-state index contributed by atoms with van der Waals surface area (Å²) in [6.45, 7) is 7.07. The van der Waals surface area contributed by atoms with E-state index in [2.05, 4.69) is 42.3 Å². The van der Waals surface area contributed by atoms with Gasteiger partial charge in [-0.1, -0.05) is 24.3 Å². The van der Waals surface area contributed by atoms with E-state index in [-0.39, 0.29) is 11.1 Å². The van der Waals surface area contributed by atoms with E-state index in [9.17, 15) is 19.1 Å². The Bertz CT molecular complexity index is 1200. The molecule has 7 heteroatoms. The van der Waals surface area contributed by atoms with E-state index in [1.165, 1.54) is 41.1 Å². The van der Waals surface area contributed by atoms with Gasteiger partial charge in [-0.05, 0) is 61.4 Å². The molecule has 1 amide bonds. The molecule has 0 bridgehead atoms. The fourth-order valence-corrected chi connectivity index (χ4v) is 4.15. The molecule has 3 aromatic carbocycles. The molecule has 2 N–H and O–H groups in total. The van der Waals surface area contributed by atoms with Gasteiger partial charge in [0.25, 0.3) is 5.91 Å². The summed E-state index contributed by atoms with van der Waals surface area (Å²) in [4.78, 5) is 28.8. The molecule has 170 valence electrons. The van der Waals surface area contributed by atoms with Crippen LogP contribution in [0.1, 0.15) is 31.8 Å². The van der Waals surface area contributed by atoms with Crippen LogP contribution in [0.4, 0.5) is 21.5 Å². The molecule has 3 aromatic rings. The fraction of sp³-hybridized carbons (Fsp3) is 0.231. The van der Waals surface area contributed by atoms with Crippen LogP contribution in [-0.2, 0) is 0 Å². The number of carboxylic acid groups (broad SMARTS) is 1. The maximum atomic E-state index is 13.9. The second-order valence-corrected chi connectivity index (χ2v) is 8.24. The number of carbonyl (C=O) groups excluding carboxylic acids is 1. The Kier molecular flexibility index (Phi) is 6.31. The zero-order chi connectivity index (χ0) is 23.5. The van der Waals surface area contributed by atoms with Crippen molar-refractivity contribution in [3.05, 3.63) is 88.7 Å². The lowest BCUT2D eigenvalue weighted by atomic mass is 10.1. The van der Waals surface area contributed by atoms with Gasteiger partial charge in [-0.2, -0.15) is 0 Å². The van der Waals surface area contributed by atoms with Crippen LogP contribution in [-0.4, -0.2) is 43.2 Å². The van der Waals surface area contributed by atoms with Crippen LogP contribution in [0.2, 0.25) is 0 Å². The van der Waals surface area contributed by atoms with Gasteiger partial charge in [0.2, 0.25) is 0 Å². The highest BCUT2D eigenvalue weighted by Crippen LogP contribution is 2.28. The van der Waals surface area contributed by atoms with Gasteiger partial charge in [-0.15, -0.1) is 0 Å². The monoisotopic (exact) mass is 447 g/mol. The molecule has 1 aliphatic rings. The number of nitrogens with one attached hydrogen (secondary N) is 1. The quantitative estimate of drug-likeness (QED) is 0.592. The Morgan fingerprint density at radius 3 is 2.18 bits per heavy atom. The summed E-state index contributed by atoms with van der Waals surface area (Å²) < 4.78 is 13.9. The molecule has 0 aromatic heterocycles. The Balaban J connectivity index is 1.51. The molecule has 0 spiro atoms. The number of anilines is 3. The molecule has 6 nitrogen and oxygen atoms in total. The number of hydrogen-bond acceptors (Lipinski definition) is 4. The molecule has 0 radical (unpaired) electrons. The van der Waals surface area contributed by atoms with E-state index < -0.39 is 17.7 Å². The Morgan fingerprint density at radius 2 is 1.52 bits per heavy atom. The smallest absolute Gasteiger partial charge is 0.337 e. The number of aryl methyl sites for hydroxylation is 2. The van der Waals surface area contributed by atoms with Crippen molar-refractivity contribution < 1.29 is 19.1 Å². The first-order valence-electron chi connectivity index (χ1n) is 10.8. The maximum absolute atomic E-state index is 13.9. The molecule has 0 aliphatic carbocycles. The highest BCUT2D eigenvalue weighted by molar-refractivity contribution is 6.05. The minimum absolute atomic E-state index is 0.0963. The number of benzene rings is 3. The second-order valence-electron chi connectivity index (χ2n) is 8.24. The summed E-state index contributed by atoms with van der Waals surface area (Å²) in [6, 6.07) is 16.8. The first-order valence-corrected chi connectivity index (χ1v) is 10.8. The molecule has 0 saturated carbocycles. The number of nitrogens with zero attached hydrogens (tertiary/aromatic N) is 2. The fourth-order valence-electron chi connectivity index (χ4n) is 4.15. The zero-order valence-corrected chi connectivity index (χ0v) is 18.6. The molecular formula is C26H26FN3O3. The van der Waals surface area contributed by atoms with Crippen LogP contribution in [0, 0.1) is 19.7 Å². The molecule has 1 fully saturated rings. The van der Waals surface area contributed by atoms with Crippen molar-refractivity contribution in [1.82, 2.24) is 0 Å². The number of piperazine rings is 1. The van der Waals surface area contributed by atoms with Crippen molar-refractivity contribution in [3.63, 3.8) is 0 Å². The highest BCUT2D eigenvalue weighted by atomic mass is 19.1. The standard InChI is InChI=1S/C26H26FN3O3/c1-17-7-8-18(2)24(15-17)30-13-11-29(12-14-30)23-10-9-19(16-21(23)26(32)33)28-25(31)20-5-3-4-6-22(20)27/h3-10,15-16H,11-14H2,1-2H3,(H,28,31)(H,32,33). The zero-order valence-electron chi connectivity index (χ0n) is 18.6. The van der Waals surface area contributed by atoms with Gasteiger partial charge in [0.15, 0.2) is 0 Å². The van der Waals surface area contributed by atoms with Crippen molar-refractivity contribution >= 4 is 28.9 Å². The average molecular weight is 448 g/mol. The predicted octanol–water partition coefficient (Wildman–Crippen LogP) is 4.72. The minimum atomic E-state index is -1.08. The summed E-state index contributed by atoms with van der Waals surface area (Å²) in [5.41, 5.74) is 4.54. The largest absolute Gasteiger partial charge is 0.478 e. The van der Waals surface area contributed by atoms with Crippen molar-refractivity contribution in [2.75, 3.05) is 41.3 Å². The number of carbonyl (C=O) groups is 2. The van der Waals surface area contributed by atoms with Crippen LogP contribution < -0.4 is 15.1 Å². The molecule has 4 rings (SSSR count). The third kappa shape index (κ3) is 4.82. The lowest BCUT2D eigenvalue weighted by Gasteiger charge is -2.38. The summed E-state index contributed by atoms with van der Waals surface area (Å²) in [7, 11) is 0. The third-order valence-electron chi connectivity index (χ3n) is 5.93. The predicted molar refractivity (Wildman–Crippen MR) is 128 cm³/mol. The van der Waals surface area contributed by atoms with Gasteiger partial charge in [0, 0.05) is 37.6 Å². The SMILES string of the molecule is Cc1ccc(C)c(N2CCN(c3ccc(NC(=O)c4ccccc4F)cc3C(=O)O)CC2)c1. The van der Waals surface area contributed by atoms with Gasteiger partial charge in [0.1, 0.15) is 5.82 Å². The molecule has 0 atom stereocenters. The minimum Gasteiger partial charge on any atom is -0.478 e. The Hall–Kier alpha value is -3.87. The van der Waals surface area contributed by atoms with Crippen LogP contribution >= 0.6 is 0 Å². The van der Waals surface area contributed by atoms with Crippen LogP contribution in [0.3, 0.4) is 0 Å². The maximum Gasteiger partial charge on any atom is 0.337 e. The van der Waals surface area contributed by atoms with E-state index >= 15 is 0 Å². The van der Waals surface area contributed by atoms with Crippen LogP contribution in [0.15, 0.2) is 60.7 Å². The first-order chi connectivity index (χ1) is 15.8. The van der Waals surface area contributed by atoms with Gasteiger partial charge in [-0.3, -0.25) is 4.79 Å². The Labute approximate surface area is 192 Å². The van der Waals surface area contributed by atoms with Crippen molar-refractivity contribution in [1.29, 1.82) is 0 Å². The van der Waals surface area contributed by atoms with E-state index in [1.54, 1.807) is 18.2 Å². The number of hydrogen-bond donors (Lipinski definition) is 2. The molecule has 33 heavy (non-hydrogen) atoms. The molecule has 0 unspecified atom stereocenters. The van der Waals surface area contributed by atoms with E-state index in [0.717, 1.165) is 13.1 Å². The van der Waals surface area contributed by atoms with Gasteiger partial charge >= 0.3 is 5.97 Å². The highest BCUT2D eigenvalue weighted by Gasteiger charge is 2.23. The van der Waals surface area contributed by atoms with E-state index in [1.807, 2.05) is 4.90 Å². The lowest BCUT2D eigenvalue weighted by Crippen LogP contribution is -2.47. The van der Waals surface area contributed by atoms with E-state index in [4.69, 9.17) is 0 Å². The number of aromatic carboxylic acids is 1. The number of amides is 1. The van der Waals surface area contributed by atoms with Crippen molar-refractivity contribution in [2.24, 2.45) is 0 Å². The molecule has 1 saturated heterocycles. The van der Waals surface area contributed by atoms with Crippen molar-refractivity contribution in [3.8, 4) is 0 Å². The number of rotatable bonds is 5. The molecule has 1 heterocycles. The number of carboxylic acids is 1. The van der Waals surface area contributed by atoms with Gasteiger partial charge in [0.05, 0.1) is 16.8 Å². The van der Waals surface area contributed by atoms with Crippen LogP contribution in [0.25, 0.3) is 0 Å². The second kappa shape index (κ2) is 9.32. The number of halogens is 1. The molecule has 1 aliphatic heterocycles. The normalized spacial score (nSPS) is 13.7. The summed E-state index contributed by atoms with van der Waals surface area (Å²) in [5, 5.41) is 12.4. The van der Waals surface area contributed by atoms with Crippen molar-refractivity contribution in [2.45, 2.75) is 13.8 Å². The summed E-state index contributed by atoms with van der Waals surface area (Å²) in [5.74, 6) is -2.34. The third-order valence-corrected chi connectivity index (χ3v) is 5.93. The van der Waals surface area contributed by atoms with Crippen LogP contribution in [0.5, 0.6) is 0 Å². The lowest BCUT2D eigenvalue weighted by molar-refractivity contribution is 0.0697.